The van der Waals surface area contributed by atoms with Gasteiger partial charge in [-0.3, -0.25) is 9.59 Å². The molecule has 0 aliphatic carbocycles. The molecule has 128 valence electrons. The molecule has 0 radical (unpaired) electrons. The summed E-state index contributed by atoms with van der Waals surface area (Å²) < 4.78 is 5.70. The second kappa shape index (κ2) is 9.15. The number of hydrogen-bond acceptors (Lipinski definition) is 4. The molecular formula is C17H27N3O3. The zero-order valence-electron chi connectivity index (χ0n) is 14.4. The van der Waals surface area contributed by atoms with Crippen molar-refractivity contribution < 1.29 is 14.3 Å². The predicted molar refractivity (Wildman–Crippen MR) is 90.6 cm³/mol. The zero-order chi connectivity index (χ0) is 17.4. The Labute approximate surface area is 138 Å². The molecule has 0 saturated carbocycles. The summed E-state index contributed by atoms with van der Waals surface area (Å²) in [7, 11) is 3.28. The maximum absolute atomic E-state index is 12.7. The highest BCUT2D eigenvalue weighted by molar-refractivity contribution is 5.97. The number of carbonyl (C=O) groups is 2. The van der Waals surface area contributed by atoms with Gasteiger partial charge in [-0.05, 0) is 44.5 Å². The molecule has 1 atom stereocenters. The van der Waals surface area contributed by atoms with E-state index in [9.17, 15) is 9.59 Å². The van der Waals surface area contributed by atoms with E-state index in [4.69, 9.17) is 10.5 Å². The summed E-state index contributed by atoms with van der Waals surface area (Å²) in [5.74, 6) is 0.298. The normalized spacial score (nSPS) is 11.7. The Morgan fingerprint density at radius 3 is 2.70 bits per heavy atom. The van der Waals surface area contributed by atoms with Crippen molar-refractivity contribution in [2.45, 2.75) is 32.7 Å². The van der Waals surface area contributed by atoms with Crippen LogP contribution < -0.4 is 15.8 Å². The first kappa shape index (κ1) is 19.0. The Morgan fingerprint density at radius 2 is 2.09 bits per heavy atom. The van der Waals surface area contributed by atoms with Crippen LogP contribution in [0.5, 0.6) is 5.75 Å². The quantitative estimate of drug-likeness (QED) is 0.707. The number of benzene rings is 1. The number of nitrogens with one attached hydrogen (secondary N) is 1. The number of carbonyl (C=O) groups excluding carboxylic acids is 2. The van der Waals surface area contributed by atoms with Crippen LogP contribution in [-0.4, -0.2) is 50.0 Å². The molecule has 1 aromatic rings. The minimum atomic E-state index is -0.208. The van der Waals surface area contributed by atoms with E-state index in [-0.39, 0.29) is 24.3 Å². The molecule has 2 amide bonds. The molecule has 0 spiro atoms. The predicted octanol–water partition coefficient (Wildman–Crippen LogP) is 1.32. The van der Waals surface area contributed by atoms with E-state index < -0.39 is 0 Å². The van der Waals surface area contributed by atoms with Crippen molar-refractivity contribution in [2.75, 3.05) is 27.2 Å². The third kappa shape index (κ3) is 5.56. The van der Waals surface area contributed by atoms with Gasteiger partial charge in [-0.1, -0.05) is 6.07 Å². The monoisotopic (exact) mass is 321 g/mol. The number of nitrogens with zero attached hydrogens (tertiary/aromatic N) is 1. The highest BCUT2D eigenvalue weighted by Crippen LogP contribution is 2.23. The smallest absolute Gasteiger partial charge is 0.257 e. The number of nitrogens with two attached hydrogens (primary N) is 1. The van der Waals surface area contributed by atoms with E-state index >= 15 is 0 Å². The topological polar surface area (TPSA) is 84.7 Å². The van der Waals surface area contributed by atoms with Crippen LogP contribution in [0.15, 0.2) is 18.2 Å². The summed E-state index contributed by atoms with van der Waals surface area (Å²) in [5, 5.41) is 2.57. The van der Waals surface area contributed by atoms with Crippen molar-refractivity contribution in [3.05, 3.63) is 29.3 Å². The van der Waals surface area contributed by atoms with E-state index in [1.165, 1.54) is 0 Å². The average Bonchev–Trinajstić information content (AvgIpc) is 2.53. The molecule has 0 aliphatic rings. The van der Waals surface area contributed by atoms with Crippen molar-refractivity contribution in [1.29, 1.82) is 0 Å². The Balaban J connectivity index is 2.90. The van der Waals surface area contributed by atoms with Crippen LogP contribution in [0.25, 0.3) is 0 Å². The van der Waals surface area contributed by atoms with Gasteiger partial charge in [0.2, 0.25) is 5.91 Å². The summed E-state index contributed by atoms with van der Waals surface area (Å²) in [6.07, 6.45) is 0.985. The van der Waals surface area contributed by atoms with Gasteiger partial charge in [-0.25, -0.2) is 0 Å². The molecule has 0 fully saturated rings. The fraction of sp³-hybridized carbons (Fsp3) is 0.529. The summed E-state index contributed by atoms with van der Waals surface area (Å²) >= 11 is 0. The molecule has 1 aromatic carbocycles. The Bertz CT molecular complexity index is 546. The second-order valence-electron chi connectivity index (χ2n) is 5.63. The van der Waals surface area contributed by atoms with Crippen LogP contribution in [-0.2, 0) is 4.79 Å². The standard InChI is InChI=1S/C17H27N3O3/c1-12-6-7-14(15(10-12)23-9-5-8-18)17(22)20(4)13(2)11-16(21)19-3/h6-7,10,13H,5,8-9,11,18H2,1-4H3,(H,19,21)/t13-/m0/s1. The van der Waals surface area contributed by atoms with Crippen LogP contribution in [0, 0.1) is 6.92 Å². The van der Waals surface area contributed by atoms with Crippen LogP contribution >= 0.6 is 0 Å². The first-order valence-electron chi connectivity index (χ1n) is 7.82. The molecular weight excluding hydrogens is 294 g/mol. The molecule has 0 aromatic heterocycles. The van der Waals surface area contributed by atoms with Gasteiger partial charge in [0, 0.05) is 26.6 Å². The highest BCUT2D eigenvalue weighted by Gasteiger charge is 2.22. The van der Waals surface area contributed by atoms with Crippen molar-refractivity contribution in [2.24, 2.45) is 5.73 Å². The fourth-order valence-electron chi connectivity index (χ4n) is 2.09. The molecule has 0 aliphatic heterocycles. The maximum Gasteiger partial charge on any atom is 0.257 e. The van der Waals surface area contributed by atoms with E-state index in [0.29, 0.717) is 24.5 Å². The number of ether oxygens (including phenoxy) is 1. The van der Waals surface area contributed by atoms with Crippen LogP contribution in [0.1, 0.15) is 35.7 Å². The van der Waals surface area contributed by atoms with Gasteiger partial charge < -0.3 is 20.7 Å². The summed E-state index contributed by atoms with van der Waals surface area (Å²) in [6, 6.07) is 5.28. The van der Waals surface area contributed by atoms with E-state index in [1.54, 1.807) is 25.1 Å². The molecule has 0 unspecified atom stereocenters. The molecule has 6 heteroatoms. The lowest BCUT2D eigenvalue weighted by molar-refractivity contribution is -0.121. The van der Waals surface area contributed by atoms with Crippen molar-refractivity contribution >= 4 is 11.8 Å². The molecule has 0 bridgehead atoms. The van der Waals surface area contributed by atoms with Gasteiger partial charge in [-0.2, -0.15) is 0 Å². The summed E-state index contributed by atoms with van der Waals surface area (Å²) in [6.45, 7) is 4.80. The molecule has 1 rings (SSSR count). The second-order valence-corrected chi connectivity index (χ2v) is 5.63. The average molecular weight is 321 g/mol. The van der Waals surface area contributed by atoms with E-state index in [0.717, 1.165) is 12.0 Å². The van der Waals surface area contributed by atoms with E-state index in [2.05, 4.69) is 5.32 Å². The lowest BCUT2D eigenvalue weighted by Crippen LogP contribution is -2.38. The SMILES string of the molecule is CNC(=O)C[C@H](C)N(C)C(=O)c1ccc(C)cc1OCCCN. The number of hydrogen-bond donors (Lipinski definition) is 2. The van der Waals surface area contributed by atoms with Crippen molar-refractivity contribution in [3.63, 3.8) is 0 Å². The molecule has 23 heavy (non-hydrogen) atoms. The van der Waals surface area contributed by atoms with Crippen molar-refractivity contribution in [3.8, 4) is 5.75 Å². The van der Waals surface area contributed by atoms with Gasteiger partial charge in [0.25, 0.3) is 5.91 Å². The number of aryl methyl sites for hydroxylation is 1. The van der Waals surface area contributed by atoms with Crippen LogP contribution in [0.3, 0.4) is 0 Å². The first-order chi connectivity index (χ1) is 10.9. The highest BCUT2D eigenvalue weighted by atomic mass is 16.5. The largest absolute Gasteiger partial charge is 0.493 e. The number of amides is 2. The third-order valence-electron chi connectivity index (χ3n) is 3.71. The third-order valence-corrected chi connectivity index (χ3v) is 3.71. The molecule has 0 heterocycles. The number of rotatable bonds is 8. The van der Waals surface area contributed by atoms with Crippen LogP contribution in [0.2, 0.25) is 0 Å². The Morgan fingerprint density at radius 1 is 1.39 bits per heavy atom. The fourth-order valence-corrected chi connectivity index (χ4v) is 2.09. The van der Waals surface area contributed by atoms with Gasteiger partial charge >= 0.3 is 0 Å². The summed E-state index contributed by atoms with van der Waals surface area (Å²) in [5.41, 5.74) is 6.99. The Kier molecular flexibility index (Phi) is 7.54. The lowest BCUT2D eigenvalue weighted by atomic mass is 10.1. The molecule has 3 N–H and O–H groups in total. The summed E-state index contributed by atoms with van der Waals surface area (Å²) in [4.78, 5) is 25.8. The molecule has 6 nitrogen and oxygen atoms in total. The van der Waals surface area contributed by atoms with Crippen molar-refractivity contribution in [1.82, 2.24) is 10.2 Å². The van der Waals surface area contributed by atoms with Gasteiger partial charge in [0.05, 0.1) is 12.2 Å². The minimum absolute atomic E-state index is 0.0968. The van der Waals surface area contributed by atoms with Gasteiger partial charge in [0.15, 0.2) is 0 Å². The lowest BCUT2D eigenvalue weighted by Gasteiger charge is -2.25. The van der Waals surface area contributed by atoms with Crippen LogP contribution in [0.4, 0.5) is 0 Å². The first-order valence-corrected chi connectivity index (χ1v) is 7.82. The maximum atomic E-state index is 12.7. The van der Waals surface area contributed by atoms with Gasteiger partial charge in [0.1, 0.15) is 5.75 Å². The molecule has 0 saturated heterocycles. The Hall–Kier alpha value is -2.08. The van der Waals surface area contributed by atoms with E-state index in [1.807, 2.05) is 26.0 Å². The zero-order valence-corrected chi connectivity index (χ0v) is 14.4. The van der Waals surface area contributed by atoms with Gasteiger partial charge in [-0.15, -0.1) is 0 Å². The minimum Gasteiger partial charge on any atom is -0.493 e.